The van der Waals surface area contributed by atoms with Gasteiger partial charge < -0.3 is 10.6 Å². The number of nitrogens with zero attached hydrogens (tertiary/aromatic N) is 1. The summed E-state index contributed by atoms with van der Waals surface area (Å²) in [6, 6.07) is 9.24. The van der Waals surface area contributed by atoms with Gasteiger partial charge in [0, 0.05) is 19.3 Å². The van der Waals surface area contributed by atoms with Gasteiger partial charge in [0.05, 0.1) is 0 Å². The smallest absolute Gasteiger partial charge is 0.0363 e. The minimum atomic E-state index is 0.800. The Hall–Kier alpha value is -1.02. The van der Waals surface area contributed by atoms with Crippen molar-refractivity contribution in [3.63, 3.8) is 0 Å². The van der Waals surface area contributed by atoms with Crippen molar-refractivity contribution < 1.29 is 0 Å². The molecule has 0 aliphatic heterocycles. The average Bonchev–Trinajstić information content (AvgIpc) is 2.48. The molecule has 1 aromatic rings. The van der Waals surface area contributed by atoms with Crippen LogP contribution in [0.3, 0.4) is 0 Å². The zero-order chi connectivity index (χ0) is 13.5. The van der Waals surface area contributed by atoms with Crippen molar-refractivity contribution in [1.82, 2.24) is 0 Å². The second kappa shape index (κ2) is 7.54. The number of hydrogen-bond acceptors (Lipinski definition) is 2. The van der Waals surface area contributed by atoms with Crippen LogP contribution in [-0.2, 0) is 0 Å². The van der Waals surface area contributed by atoms with E-state index in [-0.39, 0.29) is 0 Å². The first kappa shape index (κ1) is 14.4. The van der Waals surface area contributed by atoms with Crippen LogP contribution < -0.4 is 10.6 Å². The van der Waals surface area contributed by atoms with Crippen LogP contribution in [-0.4, -0.2) is 20.1 Å². The Balaban J connectivity index is 1.89. The minimum Gasteiger partial charge on any atom is -0.375 e. The van der Waals surface area contributed by atoms with Crippen molar-refractivity contribution in [3.8, 4) is 0 Å². The zero-order valence-electron chi connectivity index (χ0n) is 12.3. The van der Waals surface area contributed by atoms with Gasteiger partial charge in [-0.1, -0.05) is 31.4 Å². The van der Waals surface area contributed by atoms with Crippen molar-refractivity contribution in [2.75, 3.05) is 25.0 Å². The molecule has 2 rings (SSSR count). The van der Waals surface area contributed by atoms with E-state index in [1.165, 1.54) is 44.2 Å². The summed E-state index contributed by atoms with van der Waals surface area (Å²) in [6.45, 7) is 1.90. The Kier molecular flexibility index (Phi) is 5.71. The maximum Gasteiger partial charge on any atom is 0.0363 e. The predicted octanol–water partition coefficient (Wildman–Crippen LogP) is 3.91. The third-order valence-electron chi connectivity index (χ3n) is 4.36. The summed E-state index contributed by atoms with van der Waals surface area (Å²) in [5, 5.41) is 0. The lowest BCUT2D eigenvalue weighted by molar-refractivity contribution is 0.443. The summed E-state index contributed by atoms with van der Waals surface area (Å²) in [6.07, 6.45) is 9.30. The van der Waals surface area contributed by atoms with Gasteiger partial charge in [0.2, 0.25) is 0 Å². The van der Waals surface area contributed by atoms with Crippen LogP contribution in [0.25, 0.3) is 0 Å². The molecule has 2 nitrogen and oxygen atoms in total. The van der Waals surface area contributed by atoms with Crippen molar-refractivity contribution in [2.45, 2.75) is 50.9 Å². The molecule has 1 aliphatic carbocycles. The highest BCUT2D eigenvalue weighted by Gasteiger charge is 2.15. The van der Waals surface area contributed by atoms with E-state index in [9.17, 15) is 0 Å². The molecule has 0 radical (unpaired) electrons. The first-order valence-corrected chi connectivity index (χ1v) is 7.82. The number of rotatable bonds is 6. The van der Waals surface area contributed by atoms with E-state index in [1.54, 1.807) is 5.56 Å². The highest BCUT2D eigenvalue weighted by atomic mass is 15.1. The molecule has 19 heavy (non-hydrogen) atoms. The minimum absolute atomic E-state index is 0.800. The molecule has 0 aromatic heterocycles. The summed E-state index contributed by atoms with van der Waals surface area (Å²) in [4.78, 5) is 2.33. The third kappa shape index (κ3) is 4.24. The van der Waals surface area contributed by atoms with Gasteiger partial charge in [-0.3, -0.25) is 0 Å². The molecule has 106 valence electrons. The lowest BCUT2D eigenvalue weighted by Gasteiger charge is -2.24. The Morgan fingerprint density at radius 1 is 1.05 bits per heavy atom. The Labute approximate surface area is 118 Å². The van der Waals surface area contributed by atoms with Gasteiger partial charge in [-0.25, -0.2) is 0 Å². The molecule has 2 heteroatoms. The van der Waals surface area contributed by atoms with E-state index in [0.29, 0.717) is 0 Å². The van der Waals surface area contributed by atoms with Crippen molar-refractivity contribution in [2.24, 2.45) is 5.73 Å². The number of benzene rings is 1. The standard InChI is InChI=1S/C17H28N2/c1-19(14-6-5-13-18)17-11-9-16(10-12-17)15-7-3-2-4-8-15/h9-12,15H,2-8,13-14,18H2,1H3. The maximum atomic E-state index is 5.54. The number of hydrogen-bond donors (Lipinski definition) is 1. The van der Waals surface area contributed by atoms with Gasteiger partial charge in [0.25, 0.3) is 0 Å². The van der Waals surface area contributed by atoms with E-state index in [2.05, 4.69) is 36.2 Å². The van der Waals surface area contributed by atoms with Gasteiger partial charge >= 0.3 is 0 Å². The summed E-state index contributed by atoms with van der Waals surface area (Å²) >= 11 is 0. The molecule has 1 aliphatic rings. The molecule has 0 amide bonds. The van der Waals surface area contributed by atoms with Gasteiger partial charge in [0.15, 0.2) is 0 Å². The van der Waals surface area contributed by atoms with Gasteiger partial charge in [-0.15, -0.1) is 0 Å². The van der Waals surface area contributed by atoms with Crippen LogP contribution >= 0.6 is 0 Å². The quantitative estimate of drug-likeness (QED) is 0.786. The topological polar surface area (TPSA) is 29.3 Å². The molecule has 0 heterocycles. The van der Waals surface area contributed by atoms with Gasteiger partial charge in [0.1, 0.15) is 0 Å². The van der Waals surface area contributed by atoms with E-state index < -0.39 is 0 Å². The molecule has 2 N–H and O–H groups in total. The molecule has 0 atom stereocenters. The van der Waals surface area contributed by atoms with Crippen molar-refractivity contribution in [1.29, 1.82) is 0 Å². The van der Waals surface area contributed by atoms with Crippen LogP contribution in [0.15, 0.2) is 24.3 Å². The third-order valence-corrected chi connectivity index (χ3v) is 4.36. The average molecular weight is 260 g/mol. The van der Waals surface area contributed by atoms with Crippen LogP contribution in [0.4, 0.5) is 5.69 Å². The highest BCUT2D eigenvalue weighted by Crippen LogP contribution is 2.33. The van der Waals surface area contributed by atoms with Crippen LogP contribution in [0, 0.1) is 0 Å². The normalized spacial score (nSPS) is 16.5. The molecule has 0 bridgehead atoms. The number of unbranched alkanes of at least 4 members (excludes halogenated alkanes) is 1. The molecule has 1 saturated carbocycles. The predicted molar refractivity (Wildman–Crippen MR) is 83.8 cm³/mol. The fourth-order valence-corrected chi connectivity index (χ4v) is 3.06. The summed E-state index contributed by atoms with van der Waals surface area (Å²) < 4.78 is 0. The second-order valence-electron chi connectivity index (χ2n) is 5.84. The molecule has 1 fully saturated rings. The van der Waals surface area contributed by atoms with Crippen LogP contribution in [0.2, 0.25) is 0 Å². The first-order chi connectivity index (χ1) is 9.31. The number of anilines is 1. The fraction of sp³-hybridized carbons (Fsp3) is 0.647. The molecule has 1 aromatic carbocycles. The Morgan fingerprint density at radius 2 is 1.74 bits per heavy atom. The monoisotopic (exact) mass is 260 g/mol. The van der Waals surface area contributed by atoms with E-state index in [1.807, 2.05) is 0 Å². The maximum absolute atomic E-state index is 5.54. The van der Waals surface area contributed by atoms with E-state index in [4.69, 9.17) is 5.73 Å². The lowest BCUT2D eigenvalue weighted by atomic mass is 9.84. The number of nitrogens with two attached hydrogens (primary N) is 1. The van der Waals surface area contributed by atoms with Crippen LogP contribution in [0.5, 0.6) is 0 Å². The second-order valence-corrected chi connectivity index (χ2v) is 5.84. The molecular weight excluding hydrogens is 232 g/mol. The van der Waals surface area contributed by atoms with Gasteiger partial charge in [-0.05, 0) is 55.8 Å². The SMILES string of the molecule is CN(CCCCN)c1ccc(C2CCCCC2)cc1. The van der Waals surface area contributed by atoms with E-state index in [0.717, 1.165) is 25.4 Å². The largest absolute Gasteiger partial charge is 0.375 e. The molecule has 0 unspecified atom stereocenters. The lowest BCUT2D eigenvalue weighted by Crippen LogP contribution is -2.19. The molecule has 0 spiro atoms. The zero-order valence-corrected chi connectivity index (χ0v) is 12.3. The summed E-state index contributed by atoms with van der Waals surface area (Å²) in [5.41, 5.74) is 8.41. The Bertz CT molecular complexity index is 352. The molecular formula is C17H28N2. The summed E-state index contributed by atoms with van der Waals surface area (Å²) in [5.74, 6) is 0.811. The van der Waals surface area contributed by atoms with E-state index >= 15 is 0 Å². The van der Waals surface area contributed by atoms with Gasteiger partial charge in [-0.2, -0.15) is 0 Å². The van der Waals surface area contributed by atoms with Crippen LogP contribution in [0.1, 0.15) is 56.4 Å². The molecule has 0 saturated heterocycles. The summed E-state index contributed by atoms with van der Waals surface area (Å²) in [7, 11) is 2.17. The Morgan fingerprint density at radius 3 is 2.37 bits per heavy atom. The first-order valence-electron chi connectivity index (χ1n) is 7.82. The fourth-order valence-electron chi connectivity index (χ4n) is 3.06. The highest BCUT2D eigenvalue weighted by molar-refractivity contribution is 5.47. The van der Waals surface area contributed by atoms with Crippen molar-refractivity contribution >= 4 is 5.69 Å². The van der Waals surface area contributed by atoms with Crippen molar-refractivity contribution in [3.05, 3.63) is 29.8 Å².